The predicted molar refractivity (Wildman–Crippen MR) is 74.9 cm³/mol. The van der Waals surface area contributed by atoms with Crippen molar-refractivity contribution in [1.82, 2.24) is 0 Å². The third-order valence-corrected chi connectivity index (χ3v) is 2.68. The lowest BCUT2D eigenvalue weighted by Crippen LogP contribution is -1.95. The first-order valence-corrected chi connectivity index (χ1v) is 5.93. The number of anilines is 2. The molecule has 0 aliphatic heterocycles. The van der Waals surface area contributed by atoms with E-state index >= 15 is 0 Å². The number of rotatable bonds is 4. The van der Waals surface area contributed by atoms with Crippen LogP contribution in [0.3, 0.4) is 0 Å². The zero-order valence-electron chi connectivity index (χ0n) is 9.68. The average molecular weight is 261 g/mol. The number of hydrogen-bond donors (Lipinski definition) is 2. The average Bonchev–Trinajstić information content (AvgIpc) is 2.42. The van der Waals surface area contributed by atoms with E-state index in [1.807, 2.05) is 54.6 Å². The second kappa shape index (κ2) is 6.07. The van der Waals surface area contributed by atoms with Crippen molar-refractivity contribution in [3.8, 4) is 0 Å². The van der Waals surface area contributed by atoms with Gasteiger partial charge in [0.1, 0.15) is 5.17 Å². The molecule has 2 aromatic carbocycles. The molecule has 3 nitrogen and oxygen atoms in total. The molecule has 0 aromatic heterocycles. The predicted octanol–water partition coefficient (Wildman–Crippen LogP) is 4.00. The first kappa shape index (κ1) is 12.5. The summed E-state index contributed by atoms with van der Waals surface area (Å²) >= 11 is 5.65. The maximum atomic E-state index is 8.49. The van der Waals surface area contributed by atoms with Crippen LogP contribution >= 0.6 is 11.6 Å². The smallest absolute Gasteiger partial charge is 0.149 e. The minimum atomic E-state index is 0.179. The minimum absolute atomic E-state index is 0.179. The zero-order chi connectivity index (χ0) is 12.8. The molecule has 0 atom stereocenters. The summed E-state index contributed by atoms with van der Waals surface area (Å²) in [5.74, 6) is 0. The van der Waals surface area contributed by atoms with Crippen molar-refractivity contribution in [3.05, 3.63) is 60.2 Å². The Morgan fingerprint density at radius 1 is 1.00 bits per heavy atom. The Hall–Kier alpha value is -2.00. The maximum Gasteiger partial charge on any atom is 0.149 e. The Morgan fingerprint density at radius 3 is 2.22 bits per heavy atom. The molecule has 0 radical (unpaired) electrons. The highest BCUT2D eigenvalue weighted by Crippen LogP contribution is 2.17. The van der Waals surface area contributed by atoms with Crippen molar-refractivity contribution < 1.29 is 5.21 Å². The monoisotopic (exact) mass is 260 g/mol. The van der Waals surface area contributed by atoms with Crippen molar-refractivity contribution in [2.75, 3.05) is 5.32 Å². The molecule has 2 rings (SSSR count). The summed E-state index contributed by atoms with van der Waals surface area (Å²) in [6, 6.07) is 17.8. The van der Waals surface area contributed by atoms with Gasteiger partial charge in [-0.2, -0.15) is 0 Å². The van der Waals surface area contributed by atoms with Crippen LogP contribution in [0.4, 0.5) is 11.4 Å². The van der Waals surface area contributed by atoms with E-state index in [9.17, 15) is 0 Å². The number of nitrogens with one attached hydrogen (secondary N) is 1. The van der Waals surface area contributed by atoms with Crippen LogP contribution in [0, 0.1) is 0 Å². The molecule has 2 aromatic rings. The molecule has 0 aliphatic rings. The fourth-order valence-electron chi connectivity index (χ4n) is 1.60. The molecule has 0 saturated carbocycles. The second-order valence-electron chi connectivity index (χ2n) is 3.84. The molecular formula is C14H13ClN2O. The van der Waals surface area contributed by atoms with Gasteiger partial charge in [-0.05, 0) is 29.8 Å². The molecule has 0 unspecified atom stereocenters. The molecule has 0 spiro atoms. The lowest BCUT2D eigenvalue weighted by Gasteiger charge is -2.06. The van der Waals surface area contributed by atoms with Crippen molar-refractivity contribution in [1.29, 1.82) is 0 Å². The van der Waals surface area contributed by atoms with Crippen LogP contribution in [-0.4, -0.2) is 10.4 Å². The van der Waals surface area contributed by atoms with E-state index in [-0.39, 0.29) is 5.17 Å². The van der Waals surface area contributed by atoms with Gasteiger partial charge in [0, 0.05) is 17.8 Å². The molecule has 2 N–H and O–H groups in total. The third kappa shape index (κ3) is 3.50. The summed E-state index contributed by atoms with van der Waals surface area (Å²) in [4.78, 5) is 0. The fraction of sp³-hybridized carbons (Fsp3) is 0.0714. The minimum Gasteiger partial charge on any atom is -0.410 e. The quantitative estimate of drug-likeness (QED) is 0.496. The Morgan fingerprint density at radius 2 is 1.61 bits per heavy atom. The summed E-state index contributed by atoms with van der Waals surface area (Å²) < 4.78 is 0. The lowest BCUT2D eigenvalue weighted by molar-refractivity contribution is 0.319. The number of hydrogen-bond acceptors (Lipinski definition) is 3. The highest BCUT2D eigenvalue weighted by atomic mass is 35.5. The van der Waals surface area contributed by atoms with Crippen molar-refractivity contribution >= 4 is 28.1 Å². The van der Waals surface area contributed by atoms with Crippen LogP contribution in [0.25, 0.3) is 0 Å². The molecule has 18 heavy (non-hydrogen) atoms. The van der Waals surface area contributed by atoms with E-state index in [2.05, 4.69) is 10.5 Å². The van der Waals surface area contributed by atoms with Gasteiger partial charge in [-0.15, -0.1) is 0 Å². The van der Waals surface area contributed by atoms with Gasteiger partial charge in [0.2, 0.25) is 0 Å². The van der Waals surface area contributed by atoms with E-state index < -0.39 is 0 Å². The molecule has 0 amide bonds. The number of oxime groups is 1. The van der Waals surface area contributed by atoms with E-state index in [1.165, 1.54) is 0 Å². The van der Waals surface area contributed by atoms with Crippen molar-refractivity contribution in [3.63, 3.8) is 0 Å². The first-order chi connectivity index (χ1) is 8.78. The van der Waals surface area contributed by atoms with Gasteiger partial charge in [0.05, 0.1) is 0 Å². The van der Waals surface area contributed by atoms with Gasteiger partial charge in [0.15, 0.2) is 0 Å². The fourth-order valence-corrected chi connectivity index (χ4v) is 1.75. The maximum absolute atomic E-state index is 8.49. The topological polar surface area (TPSA) is 44.6 Å². The molecule has 92 valence electrons. The van der Waals surface area contributed by atoms with E-state index in [1.54, 1.807) is 0 Å². The molecule has 4 heteroatoms. The highest BCUT2D eigenvalue weighted by Gasteiger charge is 1.99. The van der Waals surface area contributed by atoms with Gasteiger partial charge >= 0.3 is 0 Å². The molecule has 0 aliphatic carbocycles. The Kier molecular flexibility index (Phi) is 4.20. The Labute approximate surface area is 111 Å². The molecule has 0 fully saturated rings. The van der Waals surface area contributed by atoms with Gasteiger partial charge in [-0.25, -0.2) is 0 Å². The van der Waals surface area contributed by atoms with E-state index in [0.29, 0.717) is 6.42 Å². The van der Waals surface area contributed by atoms with Crippen LogP contribution in [0.5, 0.6) is 0 Å². The normalized spacial score (nSPS) is 11.3. The summed E-state index contributed by atoms with van der Waals surface area (Å²) in [5, 5.41) is 14.9. The SMILES string of the molecule is O/N=C(\Cl)Cc1ccc(Nc2ccccc2)cc1. The largest absolute Gasteiger partial charge is 0.410 e. The lowest BCUT2D eigenvalue weighted by atomic mass is 10.1. The molecule has 0 heterocycles. The third-order valence-electron chi connectivity index (χ3n) is 2.47. The van der Waals surface area contributed by atoms with Crippen LogP contribution < -0.4 is 5.32 Å². The number of benzene rings is 2. The van der Waals surface area contributed by atoms with Crippen LogP contribution in [0.2, 0.25) is 0 Å². The highest BCUT2D eigenvalue weighted by molar-refractivity contribution is 6.65. The van der Waals surface area contributed by atoms with E-state index in [4.69, 9.17) is 16.8 Å². The molecule has 0 saturated heterocycles. The summed E-state index contributed by atoms with van der Waals surface area (Å²) in [5.41, 5.74) is 3.04. The van der Waals surface area contributed by atoms with Gasteiger partial charge in [-0.1, -0.05) is 47.1 Å². The standard InChI is InChI=1S/C14H13ClN2O/c15-14(17-18)10-11-6-8-13(9-7-11)16-12-4-2-1-3-5-12/h1-9,16,18H,10H2/b17-14-. The molecular weight excluding hydrogens is 248 g/mol. The van der Waals surface area contributed by atoms with Crippen molar-refractivity contribution in [2.45, 2.75) is 6.42 Å². The summed E-state index contributed by atoms with van der Waals surface area (Å²) in [6.45, 7) is 0. The molecule has 0 bridgehead atoms. The Balaban J connectivity index is 2.04. The number of para-hydroxylation sites is 1. The first-order valence-electron chi connectivity index (χ1n) is 5.55. The zero-order valence-corrected chi connectivity index (χ0v) is 10.4. The summed E-state index contributed by atoms with van der Waals surface area (Å²) in [6.07, 6.45) is 0.434. The van der Waals surface area contributed by atoms with Crippen molar-refractivity contribution in [2.24, 2.45) is 5.16 Å². The van der Waals surface area contributed by atoms with Crippen LogP contribution in [-0.2, 0) is 6.42 Å². The second-order valence-corrected chi connectivity index (χ2v) is 4.28. The Bertz CT molecular complexity index is 523. The van der Waals surface area contributed by atoms with Gasteiger partial charge in [0.25, 0.3) is 0 Å². The van der Waals surface area contributed by atoms with Gasteiger partial charge < -0.3 is 10.5 Å². The number of halogens is 1. The van der Waals surface area contributed by atoms with Crippen LogP contribution in [0.15, 0.2) is 59.8 Å². The van der Waals surface area contributed by atoms with Crippen LogP contribution in [0.1, 0.15) is 5.56 Å². The number of nitrogens with zero attached hydrogens (tertiary/aromatic N) is 1. The summed E-state index contributed by atoms with van der Waals surface area (Å²) in [7, 11) is 0. The van der Waals surface area contributed by atoms with E-state index in [0.717, 1.165) is 16.9 Å². The van der Waals surface area contributed by atoms with Gasteiger partial charge in [-0.3, -0.25) is 0 Å².